The van der Waals surface area contributed by atoms with E-state index in [1.54, 1.807) is 18.2 Å². The van der Waals surface area contributed by atoms with Crippen molar-refractivity contribution in [3.05, 3.63) is 72.1 Å². The Morgan fingerprint density at radius 1 is 1.12 bits per heavy atom. The van der Waals surface area contributed by atoms with Crippen molar-refractivity contribution in [1.82, 2.24) is 4.31 Å². The highest BCUT2D eigenvalue weighted by Crippen LogP contribution is 2.34. The molecule has 0 amide bonds. The highest BCUT2D eigenvalue weighted by Gasteiger charge is 2.34. The van der Waals surface area contributed by atoms with E-state index in [-0.39, 0.29) is 17.3 Å². The van der Waals surface area contributed by atoms with Crippen molar-refractivity contribution >= 4 is 21.7 Å². The molecule has 2 aromatic carbocycles. The predicted octanol–water partition coefficient (Wildman–Crippen LogP) is 2.32. The van der Waals surface area contributed by atoms with Gasteiger partial charge in [-0.3, -0.25) is 0 Å². The first-order valence-corrected chi connectivity index (χ1v) is 8.69. The highest BCUT2D eigenvalue weighted by atomic mass is 32.2. The molecule has 0 radical (unpaired) electrons. The van der Waals surface area contributed by atoms with Gasteiger partial charge in [0, 0.05) is 0 Å². The molecule has 7 heteroatoms. The summed E-state index contributed by atoms with van der Waals surface area (Å²) in [7, 11) is -2.55. The van der Waals surface area contributed by atoms with Gasteiger partial charge >= 0.3 is 5.97 Å². The van der Waals surface area contributed by atoms with Gasteiger partial charge in [-0.05, 0) is 17.7 Å². The molecule has 0 unspecified atom stereocenters. The number of carbonyl (C=O) groups is 1. The molecule has 0 saturated heterocycles. The van der Waals surface area contributed by atoms with Gasteiger partial charge in [0.05, 0.1) is 25.4 Å². The van der Waals surface area contributed by atoms with E-state index in [1.807, 2.05) is 30.3 Å². The average molecular weight is 344 g/mol. The lowest BCUT2D eigenvalue weighted by Crippen LogP contribution is -2.37. The first-order valence-electron chi connectivity index (χ1n) is 7.25. The van der Waals surface area contributed by atoms with Gasteiger partial charge in [-0.25, -0.2) is 17.5 Å². The fourth-order valence-corrected chi connectivity index (χ4v) is 4.00. The number of benzene rings is 2. The number of sulfonamides is 1. The standard InChI is InChI=1S/C17H16N2O4S/c1-23-17(20)11-16-18-14-9-5-6-10-15(14)24(21,22)19(16)12-13-7-3-2-4-8-13/h2-11,18H,12H2,1H3/b16-11-. The molecule has 1 N–H and O–H groups in total. The molecule has 1 aliphatic rings. The number of hydrogen-bond acceptors (Lipinski definition) is 5. The summed E-state index contributed by atoms with van der Waals surface area (Å²) in [6.45, 7) is 0.104. The molecule has 6 nitrogen and oxygen atoms in total. The second-order valence-electron chi connectivity index (χ2n) is 5.17. The van der Waals surface area contributed by atoms with Crippen molar-refractivity contribution in [1.29, 1.82) is 0 Å². The number of esters is 1. The number of hydrogen-bond donors (Lipinski definition) is 1. The van der Waals surface area contributed by atoms with Crippen molar-refractivity contribution in [3.63, 3.8) is 0 Å². The maximum atomic E-state index is 13.0. The van der Waals surface area contributed by atoms with Crippen LogP contribution in [0.15, 0.2) is 71.4 Å². The van der Waals surface area contributed by atoms with Crippen LogP contribution in [-0.4, -0.2) is 25.8 Å². The third kappa shape index (κ3) is 2.98. The van der Waals surface area contributed by atoms with Crippen LogP contribution in [0.3, 0.4) is 0 Å². The molecule has 0 aliphatic carbocycles. The van der Waals surface area contributed by atoms with Crippen molar-refractivity contribution < 1.29 is 17.9 Å². The van der Waals surface area contributed by atoms with Crippen LogP contribution < -0.4 is 5.32 Å². The van der Waals surface area contributed by atoms with Crippen molar-refractivity contribution in [2.24, 2.45) is 0 Å². The van der Waals surface area contributed by atoms with Gasteiger partial charge in [0.25, 0.3) is 10.0 Å². The van der Waals surface area contributed by atoms with Gasteiger partial charge in [0.1, 0.15) is 10.7 Å². The molecule has 2 aromatic rings. The molecule has 0 bridgehead atoms. The average Bonchev–Trinajstić information content (AvgIpc) is 2.59. The monoisotopic (exact) mass is 344 g/mol. The van der Waals surface area contributed by atoms with Gasteiger partial charge in [0.2, 0.25) is 0 Å². The van der Waals surface area contributed by atoms with Crippen LogP contribution in [0.5, 0.6) is 0 Å². The maximum Gasteiger partial charge on any atom is 0.334 e. The van der Waals surface area contributed by atoms with E-state index >= 15 is 0 Å². The van der Waals surface area contributed by atoms with Crippen LogP contribution in [-0.2, 0) is 26.1 Å². The normalized spacial score (nSPS) is 17.0. The van der Waals surface area contributed by atoms with Gasteiger partial charge in [-0.2, -0.15) is 0 Å². The molecule has 0 saturated carbocycles. The largest absolute Gasteiger partial charge is 0.466 e. The lowest BCUT2D eigenvalue weighted by molar-refractivity contribution is -0.134. The second-order valence-corrected chi connectivity index (χ2v) is 7.00. The summed E-state index contributed by atoms with van der Waals surface area (Å²) in [4.78, 5) is 11.8. The second kappa shape index (κ2) is 6.37. The van der Waals surface area contributed by atoms with E-state index in [4.69, 9.17) is 0 Å². The summed E-state index contributed by atoms with van der Waals surface area (Å²) in [6.07, 6.45) is 1.14. The van der Waals surface area contributed by atoms with Crippen molar-refractivity contribution in [2.45, 2.75) is 11.4 Å². The topological polar surface area (TPSA) is 75.7 Å². The van der Waals surface area contributed by atoms with Gasteiger partial charge in [0.15, 0.2) is 0 Å². The van der Waals surface area contributed by atoms with Crippen LogP contribution >= 0.6 is 0 Å². The predicted molar refractivity (Wildman–Crippen MR) is 89.3 cm³/mol. The van der Waals surface area contributed by atoms with Crippen molar-refractivity contribution in [2.75, 3.05) is 12.4 Å². The Bertz CT molecular complexity index is 892. The Balaban J connectivity index is 2.10. The van der Waals surface area contributed by atoms with Crippen LogP contribution in [0.4, 0.5) is 5.69 Å². The Hall–Kier alpha value is -2.80. The number of methoxy groups -OCH3 is 1. The molecule has 24 heavy (non-hydrogen) atoms. The molecule has 1 aliphatic heterocycles. The summed E-state index contributed by atoms with van der Waals surface area (Å²) in [5.41, 5.74) is 1.23. The molecule has 0 spiro atoms. The minimum absolute atomic E-state index is 0.104. The first-order chi connectivity index (χ1) is 11.5. The molecule has 0 atom stereocenters. The van der Waals surface area contributed by atoms with E-state index in [0.29, 0.717) is 5.69 Å². The Labute approximate surface area is 140 Å². The quantitative estimate of drug-likeness (QED) is 0.683. The van der Waals surface area contributed by atoms with E-state index in [9.17, 15) is 13.2 Å². The number of rotatable bonds is 3. The SMILES string of the molecule is COC(=O)/C=C1/Nc2ccccc2S(=O)(=O)N1Cc1ccccc1. The first kappa shape index (κ1) is 16.1. The lowest BCUT2D eigenvalue weighted by atomic mass is 10.2. The number of para-hydroxylation sites is 1. The zero-order chi connectivity index (χ0) is 17.2. The summed E-state index contributed by atoms with van der Waals surface area (Å²) in [6, 6.07) is 15.7. The number of nitrogens with zero attached hydrogens (tertiary/aromatic N) is 1. The zero-order valence-corrected chi connectivity index (χ0v) is 13.8. The highest BCUT2D eigenvalue weighted by molar-refractivity contribution is 7.89. The number of ether oxygens (including phenoxy) is 1. The third-order valence-electron chi connectivity index (χ3n) is 3.61. The number of carbonyl (C=O) groups excluding carboxylic acids is 1. The van der Waals surface area contributed by atoms with E-state index < -0.39 is 16.0 Å². The van der Waals surface area contributed by atoms with Gasteiger partial charge < -0.3 is 10.1 Å². The molecule has 0 aromatic heterocycles. The van der Waals surface area contributed by atoms with Crippen molar-refractivity contribution in [3.8, 4) is 0 Å². The van der Waals surface area contributed by atoms with E-state index in [0.717, 1.165) is 11.6 Å². The fraction of sp³-hybridized carbons (Fsp3) is 0.118. The lowest BCUT2D eigenvalue weighted by Gasteiger charge is -2.33. The number of nitrogens with one attached hydrogen (secondary N) is 1. The Morgan fingerprint density at radius 2 is 1.79 bits per heavy atom. The van der Waals surface area contributed by atoms with Crippen LogP contribution in [0.25, 0.3) is 0 Å². The van der Waals surface area contributed by atoms with E-state index in [1.165, 1.54) is 17.5 Å². The molecular formula is C17H16N2O4S. The third-order valence-corrected chi connectivity index (χ3v) is 5.43. The summed E-state index contributed by atoms with van der Waals surface area (Å²) in [5.74, 6) is -0.477. The smallest absolute Gasteiger partial charge is 0.334 e. The van der Waals surface area contributed by atoms with Crippen LogP contribution in [0.1, 0.15) is 5.56 Å². The Kier molecular flexibility index (Phi) is 4.26. The van der Waals surface area contributed by atoms with E-state index in [2.05, 4.69) is 10.1 Å². The number of fused-ring (bicyclic) bond motifs is 1. The molecule has 3 rings (SSSR count). The Morgan fingerprint density at radius 3 is 2.50 bits per heavy atom. The van der Waals surface area contributed by atoms with Gasteiger partial charge in [-0.1, -0.05) is 42.5 Å². The summed E-state index contributed by atoms with van der Waals surface area (Å²) in [5, 5.41) is 3.00. The molecule has 1 heterocycles. The fourth-order valence-electron chi connectivity index (χ4n) is 2.44. The van der Waals surface area contributed by atoms with Crippen LogP contribution in [0.2, 0.25) is 0 Å². The molecule has 124 valence electrons. The minimum atomic E-state index is -3.79. The molecule has 0 fully saturated rings. The summed E-state index contributed by atoms with van der Waals surface area (Å²) >= 11 is 0. The van der Waals surface area contributed by atoms with Gasteiger partial charge in [-0.15, -0.1) is 0 Å². The molecular weight excluding hydrogens is 328 g/mol. The number of anilines is 1. The zero-order valence-electron chi connectivity index (χ0n) is 13.0. The maximum absolute atomic E-state index is 13.0. The van der Waals surface area contributed by atoms with Crippen LogP contribution in [0, 0.1) is 0 Å². The summed E-state index contributed by atoms with van der Waals surface area (Å²) < 4.78 is 31.8. The minimum Gasteiger partial charge on any atom is -0.466 e.